The molecule has 2 atom stereocenters. The van der Waals surface area contributed by atoms with Gasteiger partial charge in [0, 0.05) is 6.54 Å². The van der Waals surface area contributed by atoms with Gasteiger partial charge in [0.15, 0.2) is 0 Å². The van der Waals surface area contributed by atoms with Gasteiger partial charge in [-0.2, -0.15) is 0 Å². The summed E-state index contributed by atoms with van der Waals surface area (Å²) in [5, 5.41) is 13.5. The lowest BCUT2D eigenvalue weighted by atomic mass is 9.93. The monoisotopic (exact) mass is 269 g/mol. The van der Waals surface area contributed by atoms with Crippen LogP contribution in [0.15, 0.2) is 0 Å². The van der Waals surface area contributed by atoms with Crippen molar-refractivity contribution in [2.75, 3.05) is 19.6 Å². The number of piperidine rings is 1. The summed E-state index contributed by atoms with van der Waals surface area (Å²) in [6.45, 7) is 4.29. The van der Waals surface area contributed by atoms with E-state index in [-0.39, 0.29) is 0 Å². The highest BCUT2D eigenvalue weighted by molar-refractivity contribution is 6.02. The molecule has 2 saturated heterocycles. The molecule has 106 valence electrons. The Balaban J connectivity index is 2.01. The van der Waals surface area contributed by atoms with Gasteiger partial charge in [-0.1, -0.05) is 6.92 Å². The summed E-state index contributed by atoms with van der Waals surface area (Å²) in [5.74, 6) is -1.73. The molecule has 0 aromatic heterocycles. The number of nitrogens with zero attached hydrogens (tertiary/aromatic N) is 1. The van der Waals surface area contributed by atoms with Crippen molar-refractivity contribution in [1.29, 1.82) is 0 Å². The van der Waals surface area contributed by atoms with Crippen LogP contribution in [0, 0.1) is 11.8 Å². The average molecular weight is 269 g/mol. The maximum Gasteiger partial charge on any atom is 0.327 e. The Labute approximate surface area is 111 Å². The molecule has 0 radical (unpaired) electrons. The molecule has 0 aromatic rings. The smallest absolute Gasteiger partial charge is 0.327 e. The Kier molecular flexibility index (Phi) is 4.04. The Morgan fingerprint density at radius 2 is 2.00 bits per heavy atom. The van der Waals surface area contributed by atoms with Gasteiger partial charge in [-0.15, -0.1) is 0 Å². The second kappa shape index (κ2) is 5.56. The summed E-state index contributed by atoms with van der Waals surface area (Å²) in [7, 11) is 0. The van der Waals surface area contributed by atoms with Gasteiger partial charge in [0.05, 0.1) is 5.92 Å². The van der Waals surface area contributed by atoms with Crippen LogP contribution in [0.4, 0.5) is 4.79 Å². The minimum atomic E-state index is -1.17. The number of urea groups is 1. The highest BCUT2D eigenvalue weighted by Crippen LogP contribution is 2.19. The van der Waals surface area contributed by atoms with Crippen LogP contribution in [-0.2, 0) is 9.59 Å². The summed E-state index contributed by atoms with van der Waals surface area (Å²) < 4.78 is 0. The first kappa shape index (κ1) is 13.8. The molecule has 2 fully saturated rings. The molecule has 7 heteroatoms. The number of carboxylic acid groups (broad SMARTS) is 1. The van der Waals surface area contributed by atoms with E-state index in [2.05, 4.69) is 22.5 Å². The largest absolute Gasteiger partial charge is 0.480 e. The van der Waals surface area contributed by atoms with E-state index in [1.807, 2.05) is 0 Å². The van der Waals surface area contributed by atoms with E-state index in [0.717, 1.165) is 25.9 Å². The summed E-state index contributed by atoms with van der Waals surface area (Å²) >= 11 is 0. The zero-order valence-electron chi connectivity index (χ0n) is 10.9. The van der Waals surface area contributed by atoms with Crippen LogP contribution in [0.5, 0.6) is 0 Å². The van der Waals surface area contributed by atoms with Crippen LogP contribution in [0.25, 0.3) is 0 Å². The summed E-state index contributed by atoms with van der Waals surface area (Å²) in [6, 6.07) is -1.87. The standard InChI is InChI=1S/C12H19N3O4/c1-7-2-4-15(5-3-7)6-8-9(11(17)18)13-12(19)14-10(8)16/h7-9H,2-6H2,1H3,(H,17,18)(H2,13,14,16,19). The van der Waals surface area contributed by atoms with Gasteiger partial charge in [-0.05, 0) is 31.8 Å². The fourth-order valence-electron chi connectivity index (χ4n) is 2.58. The van der Waals surface area contributed by atoms with Crippen molar-refractivity contribution >= 4 is 17.9 Å². The molecule has 3 N–H and O–H groups in total. The van der Waals surface area contributed by atoms with Gasteiger partial charge in [0.2, 0.25) is 5.91 Å². The fourth-order valence-corrected chi connectivity index (χ4v) is 2.58. The van der Waals surface area contributed by atoms with E-state index in [1.165, 1.54) is 0 Å². The first-order chi connectivity index (χ1) is 8.97. The molecule has 0 spiro atoms. The number of hydrogen-bond donors (Lipinski definition) is 3. The molecule has 0 saturated carbocycles. The molecule has 3 amide bonds. The molecule has 0 aromatic carbocycles. The second-order valence-electron chi connectivity index (χ2n) is 5.37. The van der Waals surface area contributed by atoms with Crippen molar-refractivity contribution in [2.45, 2.75) is 25.8 Å². The Bertz CT molecular complexity index is 390. The summed E-state index contributed by atoms with van der Waals surface area (Å²) in [6.07, 6.45) is 2.11. The molecule has 2 aliphatic rings. The van der Waals surface area contributed by atoms with Crippen molar-refractivity contribution < 1.29 is 19.5 Å². The zero-order chi connectivity index (χ0) is 14.0. The van der Waals surface area contributed by atoms with Crippen molar-refractivity contribution in [3.05, 3.63) is 0 Å². The number of carbonyl (C=O) groups is 3. The summed E-state index contributed by atoms with van der Waals surface area (Å²) in [5.41, 5.74) is 0. The normalized spacial score (nSPS) is 29.7. The quantitative estimate of drug-likeness (QED) is 0.649. The third kappa shape index (κ3) is 3.23. The third-order valence-electron chi connectivity index (χ3n) is 3.86. The van der Waals surface area contributed by atoms with Crippen molar-refractivity contribution in [3.8, 4) is 0 Å². The number of carbonyl (C=O) groups excluding carboxylic acids is 2. The first-order valence-corrected chi connectivity index (χ1v) is 6.54. The number of rotatable bonds is 3. The number of nitrogens with one attached hydrogen (secondary N) is 2. The molecule has 2 unspecified atom stereocenters. The van der Waals surface area contributed by atoms with Crippen molar-refractivity contribution in [2.24, 2.45) is 11.8 Å². The Hall–Kier alpha value is -1.63. The van der Waals surface area contributed by atoms with Crippen LogP contribution in [0.2, 0.25) is 0 Å². The van der Waals surface area contributed by atoms with Gasteiger partial charge in [0.25, 0.3) is 0 Å². The number of carboxylic acids is 1. The van der Waals surface area contributed by atoms with Crippen molar-refractivity contribution in [1.82, 2.24) is 15.5 Å². The van der Waals surface area contributed by atoms with Crippen LogP contribution in [0.1, 0.15) is 19.8 Å². The Morgan fingerprint density at radius 3 is 2.58 bits per heavy atom. The lowest BCUT2D eigenvalue weighted by molar-refractivity contribution is -0.145. The van der Waals surface area contributed by atoms with Gasteiger partial charge in [-0.3, -0.25) is 10.1 Å². The number of hydrogen-bond acceptors (Lipinski definition) is 4. The fraction of sp³-hybridized carbons (Fsp3) is 0.750. The Morgan fingerprint density at radius 1 is 1.37 bits per heavy atom. The van der Waals surface area contributed by atoms with Gasteiger partial charge < -0.3 is 15.3 Å². The molecule has 2 rings (SSSR count). The van der Waals surface area contributed by atoms with E-state index < -0.39 is 29.9 Å². The van der Waals surface area contributed by atoms with Crippen LogP contribution >= 0.6 is 0 Å². The number of imide groups is 1. The lowest BCUT2D eigenvalue weighted by Crippen LogP contribution is -2.63. The van der Waals surface area contributed by atoms with E-state index >= 15 is 0 Å². The maximum atomic E-state index is 11.8. The average Bonchev–Trinajstić information content (AvgIpc) is 2.34. The van der Waals surface area contributed by atoms with E-state index in [0.29, 0.717) is 12.5 Å². The predicted octanol–water partition coefficient (Wildman–Crippen LogP) is -0.373. The number of likely N-dealkylation sites (tertiary alicyclic amines) is 1. The van der Waals surface area contributed by atoms with E-state index in [9.17, 15) is 14.4 Å². The third-order valence-corrected chi connectivity index (χ3v) is 3.86. The molecule has 19 heavy (non-hydrogen) atoms. The van der Waals surface area contributed by atoms with Gasteiger partial charge >= 0.3 is 12.0 Å². The molecular formula is C12H19N3O4. The van der Waals surface area contributed by atoms with Gasteiger partial charge in [0.1, 0.15) is 6.04 Å². The molecular weight excluding hydrogens is 250 g/mol. The number of aliphatic carboxylic acids is 1. The summed E-state index contributed by atoms with van der Waals surface area (Å²) in [4.78, 5) is 36.2. The highest BCUT2D eigenvalue weighted by atomic mass is 16.4. The molecule has 7 nitrogen and oxygen atoms in total. The predicted molar refractivity (Wildman–Crippen MR) is 66.4 cm³/mol. The molecule has 0 aliphatic carbocycles. The lowest BCUT2D eigenvalue weighted by Gasteiger charge is -2.35. The van der Waals surface area contributed by atoms with E-state index in [4.69, 9.17) is 5.11 Å². The van der Waals surface area contributed by atoms with Crippen molar-refractivity contribution in [3.63, 3.8) is 0 Å². The SMILES string of the molecule is CC1CCN(CC2C(=O)NC(=O)NC2C(=O)O)CC1. The maximum absolute atomic E-state index is 11.8. The first-order valence-electron chi connectivity index (χ1n) is 6.54. The molecule has 2 heterocycles. The minimum Gasteiger partial charge on any atom is -0.480 e. The minimum absolute atomic E-state index is 0.371. The second-order valence-corrected chi connectivity index (χ2v) is 5.37. The molecule has 2 aliphatic heterocycles. The van der Waals surface area contributed by atoms with E-state index in [1.54, 1.807) is 0 Å². The van der Waals surface area contributed by atoms with Crippen LogP contribution in [0.3, 0.4) is 0 Å². The topological polar surface area (TPSA) is 98.7 Å². The molecule has 0 bridgehead atoms. The zero-order valence-corrected chi connectivity index (χ0v) is 10.9. The van der Waals surface area contributed by atoms with Crippen LogP contribution < -0.4 is 10.6 Å². The highest BCUT2D eigenvalue weighted by Gasteiger charge is 2.41. The van der Waals surface area contributed by atoms with Gasteiger partial charge in [-0.25, -0.2) is 9.59 Å². The number of amides is 3. The van der Waals surface area contributed by atoms with Crippen LogP contribution in [-0.4, -0.2) is 53.6 Å².